The van der Waals surface area contributed by atoms with Crippen LogP contribution < -0.4 is 14.8 Å². The van der Waals surface area contributed by atoms with Crippen LogP contribution in [0.5, 0.6) is 11.5 Å². The highest BCUT2D eigenvalue weighted by atomic mass is 16.5. The lowest BCUT2D eigenvalue weighted by Crippen LogP contribution is -2.41. The number of carbonyl (C=O) groups is 1. The average Bonchev–Trinajstić information content (AvgIpc) is 2.50. The van der Waals surface area contributed by atoms with Gasteiger partial charge in [0.05, 0.1) is 19.6 Å². The van der Waals surface area contributed by atoms with Crippen LogP contribution in [0.15, 0.2) is 18.2 Å². The van der Waals surface area contributed by atoms with E-state index in [1.807, 2.05) is 39.0 Å². The highest BCUT2D eigenvalue weighted by Gasteiger charge is 2.16. The SMILES string of the molecule is CC(C)(C)NC(=O)Cc1ccc2c(c1)OCCCO2. The Balaban J connectivity index is 2.05. The second-order valence-corrected chi connectivity index (χ2v) is 5.81. The lowest BCUT2D eigenvalue weighted by molar-refractivity contribution is -0.121. The summed E-state index contributed by atoms with van der Waals surface area (Å²) in [5.74, 6) is 1.51. The van der Waals surface area contributed by atoms with Crippen molar-refractivity contribution in [2.24, 2.45) is 0 Å². The predicted molar refractivity (Wildman–Crippen MR) is 73.6 cm³/mol. The van der Waals surface area contributed by atoms with Crippen molar-refractivity contribution >= 4 is 5.91 Å². The van der Waals surface area contributed by atoms with Gasteiger partial charge in [0.2, 0.25) is 5.91 Å². The van der Waals surface area contributed by atoms with E-state index in [4.69, 9.17) is 9.47 Å². The summed E-state index contributed by atoms with van der Waals surface area (Å²) in [6.07, 6.45) is 1.24. The summed E-state index contributed by atoms with van der Waals surface area (Å²) in [7, 11) is 0. The summed E-state index contributed by atoms with van der Waals surface area (Å²) in [6, 6.07) is 5.68. The minimum absolute atomic E-state index is 0.0157. The molecule has 0 aromatic heterocycles. The number of benzene rings is 1. The van der Waals surface area contributed by atoms with Crippen molar-refractivity contribution in [1.29, 1.82) is 0 Å². The molecular weight excluding hydrogens is 242 g/mol. The van der Waals surface area contributed by atoms with Gasteiger partial charge in [-0.15, -0.1) is 0 Å². The largest absolute Gasteiger partial charge is 0.490 e. The molecule has 19 heavy (non-hydrogen) atoms. The molecule has 1 aliphatic rings. The van der Waals surface area contributed by atoms with Crippen molar-refractivity contribution in [3.05, 3.63) is 23.8 Å². The van der Waals surface area contributed by atoms with Crippen molar-refractivity contribution in [3.8, 4) is 11.5 Å². The Kier molecular flexibility index (Phi) is 3.98. The molecule has 0 aliphatic carbocycles. The van der Waals surface area contributed by atoms with Crippen molar-refractivity contribution < 1.29 is 14.3 Å². The van der Waals surface area contributed by atoms with E-state index in [0.29, 0.717) is 19.6 Å². The molecule has 1 heterocycles. The number of fused-ring (bicyclic) bond motifs is 1. The van der Waals surface area contributed by atoms with Gasteiger partial charge in [0.1, 0.15) is 0 Å². The summed E-state index contributed by atoms with van der Waals surface area (Å²) >= 11 is 0. The summed E-state index contributed by atoms with van der Waals surface area (Å²) in [5.41, 5.74) is 0.730. The number of hydrogen-bond donors (Lipinski definition) is 1. The first kappa shape index (κ1) is 13.7. The van der Waals surface area contributed by atoms with Gasteiger partial charge < -0.3 is 14.8 Å². The Hall–Kier alpha value is -1.71. The molecule has 0 bridgehead atoms. The van der Waals surface area contributed by atoms with Crippen LogP contribution in [-0.4, -0.2) is 24.7 Å². The van der Waals surface area contributed by atoms with E-state index in [1.54, 1.807) is 0 Å². The number of hydrogen-bond acceptors (Lipinski definition) is 3. The number of ether oxygens (including phenoxy) is 2. The summed E-state index contributed by atoms with van der Waals surface area (Å²) < 4.78 is 11.2. The van der Waals surface area contributed by atoms with Crippen LogP contribution in [0.25, 0.3) is 0 Å². The Morgan fingerprint density at radius 3 is 2.58 bits per heavy atom. The van der Waals surface area contributed by atoms with Gasteiger partial charge in [-0.1, -0.05) is 6.07 Å². The molecule has 104 valence electrons. The molecular formula is C15H21NO3. The lowest BCUT2D eigenvalue weighted by Gasteiger charge is -2.20. The van der Waals surface area contributed by atoms with Gasteiger partial charge in [0, 0.05) is 12.0 Å². The Bertz CT molecular complexity index is 463. The quantitative estimate of drug-likeness (QED) is 0.890. The van der Waals surface area contributed by atoms with Crippen LogP contribution in [0.2, 0.25) is 0 Å². The predicted octanol–water partition coefficient (Wildman–Crippen LogP) is 2.31. The van der Waals surface area contributed by atoms with Gasteiger partial charge in [0.15, 0.2) is 11.5 Å². The van der Waals surface area contributed by atoms with Gasteiger partial charge in [-0.25, -0.2) is 0 Å². The standard InChI is InChI=1S/C15H21NO3/c1-15(2,3)16-14(17)10-11-5-6-12-13(9-11)19-8-4-7-18-12/h5-6,9H,4,7-8,10H2,1-3H3,(H,16,17). The zero-order valence-electron chi connectivity index (χ0n) is 11.8. The van der Waals surface area contributed by atoms with E-state index in [9.17, 15) is 4.79 Å². The fourth-order valence-electron chi connectivity index (χ4n) is 1.97. The molecule has 0 spiro atoms. The minimum atomic E-state index is -0.206. The summed E-state index contributed by atoms with van der Waals surface area (Å²) in [4.78, 5) is 11.9. The van der Waals surface area contributed by atoms with Crippen LogP contribution in [0.3, 0.4) is 0 Å². The summed E-state index contributed by atoms with van der Waals surface area (Å²) in [6.45, 7) is 7.25. The number of nitrogens with one attached hydrogen (secondary N) is 1. The molecule has 1 aromatic carbocycles. The van der Waals surface area contributed by atoms with Crippen LogP contribution >= 0.6 is 0 Å². The number of rotatable bonds is 2. The molecule has 0 radical (unpaired) electrons. The molecule has 0 atom stereocenters. The van der Waals surface area contributed by atoms with Crippen LogP contribution in [0, 0.1) is 0 Å². The van der Waals surface area contributed by atoms with Crippen molar-refractivity contribution in [3.63, 3.8) is 0 Å². The second kappa shape index (κ2) is 5.51. The molecule has 0 saturated heterocycles. The maximum atomic E-state index is 11.9. The maximum absolute atomic E-state index is 11.9. The zero-order chi connectivity index (χ0) is 13.9. The lowest BCUT2D eigenvalue weighted by atomic mass is 10.1. The van der Waals surface area contributed by atoms with Gasteiger partial charge in [-0.2, -0.15) is 0 Å². The normalized spacial score (nSPS) is 14.7. The first-order chi connectivity index (χ1) is 8.94. The molecule has 4 nitrogen and oxygen atoms in total. The van der Waals surface area contributed by atoms with E-state index in [0.717, 1.165) is 23.5 Å². The van der Waals surface area contributed by atoms with E-state index >= 15 is 0 Å². The molecule has 0 unspecified atom stereocenters. The van der Waals surface area contributed by atoms with Crippen molar-refractivity contribution in [2.75, 3.05) is 13.2 Å². The molecule has 1 aliphatic heterocycles. The number of amides is 1. The molecule has 2 rings (SSSR count). The molecule has 0 saturated carbocycles. The molecule has 4 heteroatoms. The molecule has 1 amide bonds. The first-order valence-electron chi connectivity index (χ1n) is 6.63. The topological polar surface area (TPSA) is 47.6 Å². The third kappa shape index (κ3) is 4.16. The monoisotopic (exact) mass is 263 g/mol. The Labute approximate surface area is 114 Å². The molecule has 1 N–H and O–H groups in total. The third-order valence-electron chi connectivity index (χ3n) is 2.69. The maximum Gasteiger partial charge on any atom is 0.224 e. The smallest absolute Gasteiger partial charge is 0.224 e. The fourth-order valence-corrected chi connectivity index (χ4v) is 1.97. The number of carbonyl (C=O) groups excluding carboxylic acids is 1. The van der Waals surface area contributed by atoms with Gasteiger partial charge in [-0.05, 0) is 38.5 Å². The zero-order valence-corrected chi connectivity index (χ0v) is 11.8. The highest BCUT2D eigenvalue weighted by Crippen LogP contribution is 2.30. The molecule has 1 aromatic rings. The van der Waals surface area contributed by atoms with Gasteiger partial charge in [-0.3, -0.25) is 4.79 Å². The van der Waals surface area contributed by atoms with Crippen molar-refractivity contribution in [2.45, 2.75) is 39.2 Å². The van der Waals surface area contributed by atoms with E-state index in [2.05, 4.69) is 5.32 Å². The first-order valence-corrected chi connectivity index (χ1v) is 6.63. The minimum Gasteiger partial charge on any atom is -0.490 e. The van der Waals surface area contributed by atoms with Crippen LogP contribution in [0.1, 0.15) is 32.8 Å². The van der Waals surface area contributed by atoms with Gasteiger partial charge in [0.25, 0.3) is 0 Å². The Morgan fingerprint density at radius 2 is 1.89 bits per heavy atom. The highest BCUT2D eigenvalue weighted by molar-refractivity contribution is 5.79. The van der Waals surface area contributed by atoms with Gasteiger partial charge >= 0.3 is 0 Å². The third-order valence-corrected chi connectivity index (χ3v) is 2.69. The van der Waals surface area contributed by atoms with Crippen molar-refractivity contribution in [1.82, 2.24) is 5.32 Å². The van der Waals surface area contributed by atoms with Crippen LogP contribution in [-0.2, 0) is 11.2 Å². The van der Waals surface area contributed by atoms with E-state index in [1.165, 1.54) is 0 Å². The second-order valence-electron chi connectivity index (χ2n) is 5.81. The van der Waals surface area contributed by atoms with E-state index < -0.39 is 0 Å². The van der Waals surface area contributed by atoms with E-state index in [-0.39, 0.29) is 11.4 Å². The fraction of sp³-hybridized carbons (Fsp3) is 0.533. The Morgan fingerprint density at radius 1 is 1.21 bits per heavy atom. The van der Waals surface area contributed by atoms with Crippen LogP contribution in [0.4, 0.5) is 0 Å². The molecule has 0 fully saturated rings. The average molecular weight is 263 g/mol. The summed E-state index contributed by atoms with van der Waals surface area (Å²) in [5, 5.41) is 2.95.